The van der Waals surface area contributed by atoms with Gasteiger partial charge in [0.05, 0.1) is 16.3 Å². The molecule has 2 N–H and O–H groups in total. The van der Waals surface area contributed by atoms with Crippen LogP contribution in [0, 0.1) is 5.21 Å². The summed E-state index contributed by atoms with van der Waals surface area (Å²) in [5, 5.41) is 17.7. The molecule has 1 aromatic heterocycles. The third-order valence-electron chi connectivity index (χ3n) is 3.96. The van der Waals surface area contributed by atoms with Gasteiger partial charge >= 0.3 is 0 Å². The molecule has 0 aliphatic rings. The highest BCUT2D eigenvalue weighted by Crippen LogP contribution is 2.29. The Morgan fingerprint density at radius 1 is 1.08 bits per heavy atom. The Hall–Kier alpha value is -3.05. The standard InChI is InChI=1S/C20H18ClN3O2/c1-14(15-5-3-2-4-6-15)22-19-8-7-17(13-18(19)21)23-20(25)16-9-11-24(26)12-10-16/h2-14,22H,1H3,(H,23,25)/t14-/m1/s1. The number of carbonyl (C=O) groups is 1. The lowest BCUT2D eigenvalue weighted by Crippen LogP contribution is -2.25. The van der Waals surface area contributed by atoms with Crippen LogP contribution in [0.25, 0.3) is 0 Å². The molecule has 0 fully saturated rings. The first-order chi connectivity index (χ1) is 12.5. The molecule has 0 radical (unpaired) electrons. The van der Waals surface area contributed by atoms with E-state index in [1.54, 1.807) is 12.1 Å². The molecule has 0 saturated carbocycles. The second kappa shape index (κ2) is 7.89. The van der Waals surface area contributed by atoms with Crippen LogP contribution in [0.1, 0.15) is 28.9 Å². The second-order valence-corrected chi connectivity index (χ2v) is 6.28. The summed E-state index contributed by atoms with van der Waals surface area (Å²) in [4.78, 5) is 12.2. The lowest BCUT2D eigenvalue weighted by atomic mass is 10.1. The van der Waals surface area contributed by atoms with Crippen LogP contribution >= 0.6 is 11.6 Å². The summed E-state index contributed by atoms with van der Waals surface area (Å²) in [5.74, 6) is -0.306. The first-order valence-electron chi connectivity index (χ1n) is 8.14. The number of carbonyl (C=O) groups excluding carboxylic acids is 1. The van der Waals surface area contributed by atoms with Crippen LogP contribution in [0.3, 0.4) is 0 Å². The van der Waals surface area contributed by atoms with Crippen LogP contribution in [0.15, 0.2) is 73.1 Å². The van der Waals surface area contributed by atoms with Gasteiger partial charge in [-0.05, 0) is 30.7 Å². The van der Waals surface area contributed by atoms with Crippen LogP contribution in [0.5, 0.6) is 0 Å². The fraction of sp³-hybridized carbons (Fsp3) is 0.100. The van der Waals surface area contributed by atoms with E-state index in [0.717, 1.165) is 11.3 Å². The molecule has 0 saturated heterocycles. The maximum Gasteiger partial charge on any atom is 0.256 e. The number of anilines is 2. The highest BCUT2D eigenvalue weighted by atomic mass is 35.5. The number of benzene rings is 2. The van der Waals surface area contributed by atoms with Gasteiger partial charge in [0.25, 0.3) is 5.91 Å². The first kappa shape index (κ1) is 17.8. The highest BCUT2D eigenvalue weighted by molar-refractivity contribution is 6.33. The molecule has 3 aromatic rings. The van der Waals surface area contributed by atoms with Crippen LogP contribution in [-0.2, 0) is 0 Å². The fourth-order valence-corrected chi connectivity index (χ4v) is 2.77. The minimum atomic E-state index is -0.306. The second-order valence-electron chi connectivity index (χ2n) is 5.87. The van der Waals surface area contributed by atoms with Gasteiger partial charge in [-0.3, -0.25) is 4.79 Å². The van der Waals surface area contributed by atoms with Gasteiger partial charge in [0.1, 0.15) is 0 Å². The molecule has 0 bridgehead atoms. The quantitative estimate of drug-likeness (QED) is 0.518. The average molecular weight is 368 g/mol. The summed E-state index contributed by atoms with van der Waals surface area (Å²) in [7, 11) is 0. The summed E-state index contributed by atoms with van der Waals surface area (Å²) < 4.78 is 0.627. The van der Waals surface area contributed by atoms with Crippen molar-refractivity contribution < 1.29 is 9.52 Å². The number of halogens is 1. The van der Waals surface area contributed by atoms with E-state index in [4.69, 9.17) is 11.6 Å². The van der Waals surface area contributed by atoms with Crippen molar-refractivity contribution in [3.8, 4) is 0 Å². The molecule has 5 nitrogen and oxygen atoms in total. The summed E-state index contributed by atoms with van der Waals surface area (Å²) in [6.07, 6.45) is 2.56. The van der Waals surface area contributed by atoms with Gasteiger partial charge in [-0.2, -0.15) is 4.73 Å². The van der Waals surface area contributed by atoms with Crippen molar-refractivity contribution in [2.75, 3.05) is 10.6 Å². The Balaban J connectivity index is 1.69. The summed E-state index contributed by atoms with van der Waals surface area (Å²) in [5.41, 5.74) is 2.92. The molecule has 1 heterocycles. The molecular formula is C20H18ClN3O2. The van der Waals surface area contributed by atoms with Crippen LogP contribution < -0.4 is 15.4 Å². The topological polar surface area (TPSA) is 68.1 Å². The third kappa shape index (κ3) is 4.32. The molecule has 132 valence electrons. The number of aromatic nitrogens is 1. The minimum Gasteiger partial charge on any atom is -0.619 e. The molecule has 0 spiro atoms. The largest absolute Gasteiger partial charge is 0.619 e. The number of nitrogens with one attached hydrogen (secondary N) is 2. The maximum atomic E-state index is 12.2. The van der Waals surface area contributed by atoms with E-state index in [2.05, 4.69) is 17.6 Å². The molecule has 3 rings (SSSR count). The van der Waals surface area contributed by atoms with Crippen molar-refractivity contribution in [2.24, 2.45) is 0 Å². The zero-order valence-electron chi connectivity index (χ0n) is 14.1. The van der Waals surface area contributed by atoms with E-state index >= 15 is 0 Å². The van der Waals surface area contributed by atoms with Crippen molar-refractivity contribution in [2.45, 2.75) is 13.0 Å². The van der Waals surface area contributed by atoms with Gasteiger partial charge in [-0.15, -0.1) is 0 Å². The molecular weight excluding hydrogens is 350 g/mol. The van der Waals surface area contributed by atoms with Crippen molar-refractivity contribution in [3.63, 3.8) is 0 Å². The average Bonchev–Trinajstić information content (AvgIpc) is 2.65. The predicted molar refractivity (Wildman–Crippen MR) is 103 cm³/mol. The van der Waals surface area contributed by atoms with E-state index in [0.29, 0.717) is 21.0 Å². The number of nitrogens with zero attached hydrogens (tertiary/aromatic N) is 1. The normalized spacial score (nSPS) is 11.6. The molecule has 2 aromatic carbocycles. The van der Waals surface area contributed by atoms with E-state index < -0.39 is 0 Å². The number of pyridine rings is 1. The van der Waals surface area contributed by atoms with Gasteiger partial charge in [-0.1, -0.05) is 41.9 Å². The van der Waals surface area contributed by atoms with Crippen molar-refractivity contribution >= 4 is 28.9 Å². The molecule has 6 heteroatoms. The van der Waals surface area contributed by atoms with Crippen LogP contribution in [-0.4, -0.2) is 5.91 Å². The van der Waals surface area contributed by atoms with Crippen LogP contribution in [0.2, 0.25) is 5.02 Å². The molecule has 1 atom stereocenters. The number of hydrogen-bond acceptors (Lipinski definition) is 3. The van der Waals surface area contributed by atoms with Gasteiger partial charge in [-0.25, -0.2) is 0 Å². The smallest absolute Gasteiger partial charge is 0.256 e. The first-order valence-corrected chi connectivity index (χ1v) is 8.52. The fourth-order valence-electron chi connectivity index (χ4n) is 2.54. The SMILES string of the molecule is C[C@@H](Nc1ccc(NC(=O)c2cc[n+]([O-])cc2)cc1Cl)c1ccccc1. The molecule has 26 heavy (non-hydrogen) atoms. The lowest BCUT2D eigenvalue weighted by molar-refractivity contribution is -0.605. The Labute approximate surface area is 156 Å². The Bertz CT molecular complexity index is 899. The Morgan fingerprint density at radius 3 is 2.42 bits per heavy atom. The zero-order chi connectivity index (χ0) is 18.5. The summed E-state index contributed by atoms with van der Waals surface area (Å²) in [6.45, 7) is 2.05. The maximum absolute atomic E-state index is 12.2. The number of amides is 1. The Kier molecular flexibility index (Phi) is 5.39. The van der Waals surface area contributed by atoms with E-state index in [-0.39, 0.29) is 11.9 Å². The Morgan fingerprint density at radius 2 is 1.77 bits per heavy atom. The van der Waals surface area contributed by atoms with Gasteiger partial charge in [0.15, 0.2) is 12.4 Å². The third-order valence-corrected chi connectivity index (χ3v) is 4.28. The molecule has 1 amide bonds. The van der Waals surface area contributed by atoms with Crippen molar-refractivity contribution in [1.29, 1.82) is 0 Å². The summed E-state index contributed by atoms with van der Waals surface area (Å²) >= 11 is 6.35. The van der Waals surface area contributed by atoms with Gasteiger partial charge in [0.2, 0.25) is 0 Å². The summed E-state index contributed by atoms with van der Waals surface area (Å²) in [6, 6.07) is 18.4. The molecule has 0 unspecified atom stereocenters. The molecule has 0 aliphatic carbocycles. The number of hydrogen-bond donors (Lipinski definition) is 2. The molecule has 0 aliphatic heterocycles. The van der Waals surface area contributed by atoms with Crippen molar-refractivity contribution in [1.82, 2.24) is 0 Å². The van der Waals surface area contributed by atoms with Crippen molar-refractivity contribution in [3.05, 3.63) is 94.4 Å². The van der Waals surface area contributed by atoms with Gasteiger partial charge < -0.3 is 15.8 Å². The highest BCUT2D eigenvalue weighted by Gasteiger charge is 2.11. The predicted octanol–water partition coefficient (Wildman–Crippen LogP) is 4.40. The lowest BCUT2D eigenvalue weighted by Gasteiger charge is -2.17. The zero-order valence-corrected chi connectivity index (χ0v) is 14.9. The van der Waals surface area contributed by atoms with Crippen LogP contribution in [0.4, 0.5) is 11.4 Å². The minimum absolute atomic E-state index is 0.0947. The van der Waals surface area contributed by atoms with E-state index in [1.165, 1.54) is 24.5 Å². The van der Waals surface area contributed by atoms with E-state index in [9.17, 15) is 10.0 Å². The monoisotopic (exact) mass is 367 g/mol. The van der Waals surface area contributed by atoms with E-state index in [1.807, 2.05) is 36.4 Å². The van der Waals surface area contributed by atoms with Gasteiger partial charge in [0, 0.05) is 23.9 Å². The number of rotatable bonds is 5.